The van der Waals surface area contributed by atoms with Gasteiger partial charge >= 0.3 is 0 Å². The first-order valence-corrected chi connectivity index (χ1v) is 7.91. The number of aryl methyl sites for hydroxylation is 3. The van der Waals surface area contributed by atoms with E-state index < -0.39 is 0 Å². The fraction of sp³-hybridized carbons (Fsp3) is 0.562. The lowest BCUT2D eigenvalue weighted by Gasteiger charge is -2.28. The normalized spacial score (nSPS) is 17.0. The van der Waals surface area contributed by atoms with Gasteiger partial charge in [-0.1, -0.05) is 11.3 Å². The fourth-order valence-electron chi connectivity index (χ4n) is 2.79. The lowest BCUT2D eigenvalue weighted by molar-refractivity contribution is 0.0786. The van der Waals surface area contributed by atoms with Gasteiger partial charge in [-0.25, -0.2) is 0 Å². The number of piperidine rings is 1. The van der Waals surface area contributed by atoms with Crippen molar-refractivity contribution >= 4 is 0 Å². The molecule has 0 aliphatic carbocycles. The number of nitrogens with zero attached hydrogens (tertiary/aromatic N) is 5. The Kier molecular flexibility index (Phi) is 4.80. The lowest BCUT2D eigenvalue weighted by atomic mass is 10.1. The average molecular weight is 301 g/mol. The van der Waals surface area contributed by atoms with Crippen LogP contribution in [0, 0.1) is 6.92 Å². The molecule has 1 aliphatic heterocycles. The molecule has 6 heteroatoms. The monoisotopic (exact) mass is 301 g/mol. The van der Waals surface area contributed by atoms with Crippen molar-refractivity contribution in [3.8, 4) is 0 Å². The molecule has 0 bridgehead atoms. The van der Waals surface area contributed by atoms with Crippen LogP contribution in [0.1, 0.15) is 29.9 Å². The summed E-state index contributed by atoms with van der Waals surface area (Å²) >= 11 is 0. The van der Waals surface area contributed by atoms with Gasteiger partial charge in [-0.05, 0) is 31.9 Å². The largest absolute Gasteiger partial charge is 0.393 e. The van der Waals surface area contributed by atoms with Crippen molar-refractivity contribution in [3.05, 3.63) is 41.5 Å². The Morgan fingerprint density at radius 3 is 2.82 bits per heavy atom. The fourth-order valence-corrected chi connectivity index (χ4v) is 2.79. The van der Waals surface area contributed by atoms with Crippen molar-refractivity contribution in [2.45, 2.75) is 45.4 Å². The molecule has 1 fully saturated rings. The van der Waals surface area contributed by atoms with Crippen molar-refractivity contribution in [1.29, 1.82) is 0 Å². The van der Waals surface area contributed by atoms with E-state index >= 15 is 0 Å². The Morgan fingerprint density at radius 1 is 1.23 bits per heavy atom. The number of likely N-dealkylation sites (tertiary alicyclic amines) is 1. The molecule has 0 saturated carbocycles. The van der Waals surface area contributed by atoms with Crippen LogP contribution >= 0.6 is 0 Å². The molecule has 0 amide bonds. The van der Waals surface area contributed by atoms with E-state index in [1.54, 1.807) is 0 Å². The molecule has 3 heterocycles. The van der Waals surface area contributed by atoms with E-state index in [1.165, 1.54) is 0 Å². The molecule has 2 aromatic rings. The van der Waals surface area contributed by atoms with Gasteiger partial charge in [0.05, 0.1) is 11.8 Å². The van der Waals surface area contributed by atoms with E-state index in [-0.39, 0.29) is 6.10 Å². The summed E-state index contributed by atoms with van der Waals surface area (Å²) in [6.45, 7) is 5.48. The van der Waals surface area contributed by atoms with E-state index in [9.17, 15) is 5.11 Å². The van der Waals surface area contributed by atoms with E-state index in [0.717, 1.165) is 62.5 Å². The zero-order chi connectivity index (χ0) is 15.4. The molecule has 2 aromatic heterocycles. The van der Waals surface area contributed by atoms with Crippen LogP contribution in [0.2, 0.25) is 0 Å². The number of rotatable bonds is 5. The first kappa shape index (κ1) is 15.1. The minimum atomic E-state index is -0.131. The van der Waals surface area contributed by atoms with Crippen molar-refractivity contribution in [3.63, 3.8) is 0 Å². The summed E-state index contributed by atoms with van der Waals surface area (Å²) in [5, 5.41) is 18.0. The van der Waals surface area contributed by atoms with Crippen molar-refractivity contribution in [1.82, 2.24) is 24.9 Å². The van der Waals surface area contributed by atoms with Gasteiger partial charge in [-0.2, -0.15) is 0 Å². The second-order valence-corrected chi connectivity index (χ2v) is 6.00. The maximum Gasteiger partial charge on any atom is 0.0967 e. The molecular formula is C16H23N5O. The van der Waals surface area contributed by atoms with Gasteiger partial charge in [0.25, 0.3) is 0 Å². The molecule has 0 spiro atoms. The molecular weight excluding hydrogens is 278 g/mol. The van der Waals surface area contributed by atoms with E-state index in [0.29, 0.717) is 0 Å². The molecule has 3 rings (SSSR count). The highest BCUT2D eigenvalue weighted by Gasteiger charge is 2.17. The molecule has 0 aromatic carbocycles. The van der Waals surface area contributed by atoms with Crippen LogP contribution in [0.5, 0.6) is 0 Å². The topological polar surface area (TPSA) is 67.1 Å². The minimum Gasteiger partial charge on any atom is -0.393 e. The van der Waals surface area contributed by atoms with Crippen molar-refractivity contribution in [2.75, 3.05) is 13.1 Å². The number of aliphatic hydroxyl groups excluding tert-OH is 1. The third-order valence-electron chi connectivity index (χ3n) is 4.07. The van der Waals surface area contributed by atoms with E-state index in [1.807, 2.05) is 36.0 Å². The molecule has 22 heavy (non-hydrogen) atoms. The van der Waals surface area contributed by atoms with Crippen LogP contribution < -0.4 is 0 Å². The van der Waals surface area contributed by atoms with Gasteiger partial charge < -0.3 is 5.11 Å². The molecule has 118 valence electrons. The molecule has 0 radical (unpaired) electrons. The second kappa shape index (κ2) is 6.98. The maximum atomic E-state index is 9.53. The van der Waals surface area contributed by atoms with Gasteiger partial charge in [0.1, 0.15) is 0 Å². The van der Waals surface area contributed by atoms with Crippen LogP contribution in [0.4, 0.5) is 0 Å². The first-order chi connectivity index (χ1) is 10.7. The van der Waals surface area contributed by atoms with Gasteiger partial charge in [0, 0.05) is 50.2 Å². The second-order valence-electron chi connectivity index (χ2n) is 6.00. The summed E-state index contributed by atoms with van der Waals surface area (Å²) in [6, 6.07) is 6.09. The Hall–Kier alpha value is -1.79. The summed E-state index contributed by atoms with van der Waals surface area (Å²) in [6.07, 6.45) is 4.45. The highest BCUT2D eigenvalue weighted by atomic mass is 16.3. The number of aromatic nitrogens is 4. The summed E-state index contributed by atoms with van der Waals surface area (Å²) in [5.74, 6) is 0. The summed E-state index contributed by atoms with van der Waals surface area (Å²) in [7, 11) is 0. The summed E-state index contributed by atoms with van der Waals surface area (Å²) in [5.41, 5.74) is 3.12. The predicted molar refractivity (Wildman–Crippen MR) is 83.2 cm³/mol. The van der Waals surface area contributed by atoms with E-state index in [2.05, 4.69) is 20.2 Å². The highest BCUT2D eigenvalue weighted by Crippen LogP contribution is 2.12. The van der Waals surface area contributed by atoms with Crippen LogP contribution in [-0.4, -0.2) is 49.2 Å². The third-order valence-corrected chi connectivity index (χ3v) is 4.07. The molecule has 6 nitrogen and oxygen atoms in total. The smallest absolute Gasteiger partial charge is 0.0967 e. The van der Waals surface area contributed by atoms with Gasteiger partial charge in [-0.15, -0.1) is 5.10 Å². The first-order valence-electron chi connectivity index (χ1n) is 7.91. The Labute approximate surface area is 130 Å². The highest BCUT2D eigenvalue weighted by molar-refractivity contribution is 5.09. The maximum absolute atomic E-state index is 9.53. The number of pyridine rings is 1. The van der Waals surface area contributed by atoms with Crippen molar-refractivity contribution in [2.24, 2.45) is 0 Å². The quantitative estimate of drug-likeness (QED) is 0.898. The Balaban J connectivity index is 1.51. The van der Waals surface area contributed by atoms with Gasteiger partial charge in [-0.3, -0.25) is 14.6 Å². The van der Waals surface area contributed by atoms with Gasteiger partial charge in [0.2, 0.25) is 0 Å². The standard InChI is InChI=1S/C16H23N5O/c1-13-3-2-4-14(17-13)5-10-21-12-15(18-19-21)11-20-8-6-16(22)7-9-20/h2-4,12,16,22H,5-11H2,1H3. The summed E-state index contributed by atoms with van der Waals surface area (Å²) < 4.78 is 1.89. The van der Waals surface area contributed by atoms with E-state index in [4.69, 9.17) is 0 Å². The van der Waals surface area contributed by atoms with Crippen LogP contribution in [0.15, 0.2) is 24.4 Å². The van der Waals surface area contributed by atoms with Crippen molar-refractivity contribution < 1.29 is 5.11 Å². The number of aliphatic hydroxyl groups is 1. The van der Waals surface area contributed by atoms with Crippen LogP contribution in [0.25, 0.3) is 0 Å². The molecule has 0 unspecified atom stereocenters. The lowest BCUT2D eigenvalue weighted by Crippen LogP contribution is -2.35. The predicted octanol–water partition coefficient (Wildman–Crippen LogP) is 1.18. The molecule has 1 aliphatic rings. The van der Waals surface area contributed by atoms with Crippen LogP contribution in [-0.2, 0) is 19.5 Å². The Bertz CT molecular complexity index is 604. The van der Waals surface area contributed by atoms with Crippen LogP contribution in [0.3, 0.4) is 0 Å². The average Bonchev–Trinajstić information content (AvgIpc) is 2.95. The number of hydrogen-bond acceptors (Lipinski definition) is 5. The SMILES string of the molecule is Cc1cccc(CCn2cc(CN3CCC(O)CC3)nn2)n1. The third kappa shape index (κ3) is 4.11. The zero-order valence-corrected chi connectivity index (χ0v) is 13.0. The molecule has 0 atom stereocenters. The Morgan fingerprint density at radius 2 is 2.05 bits per heavy atom. The molecule has 1 N–H and O–H groups in total. The summed E-state index contributed by atoms with van der Waals surface area (Å²) in [4.78, 5) is 6.82. The van der Waals surface area contributed by atoms with Gasteiger partial charge in [0.15, 0.2) is 0 Å². The minimum absolute atomic E-state index is 0.131. The number of hydrogen-bond donors (Lipinski definition) is 1. The zero-order valence-electron chi connectivity index (χ0n) is 13.0. The molecule has 1 saturated heterocycles.